The Bertz CT molecular complexity index is 1110. The van der Waals surface area contributed by atoms with Gasteiger partial charge in [-0.15, -0.1) is 0 Å². The lowest BCUT2D eigenvalue weighted by Gasteiger charge is -2.25. The van der Waals surface area contributed by atoms with E-state index in [9.17, 15) is 9.90 Å². The first-order chi connectivity index (χ1) is 15.6. The Labute approximate surface area is 198 Å². The third-order valence-electron chi connectivity index (χ3n) is 5.39. The molecule has 9 nitrogen and oxygen atoms in total. The van der Waals surface area contributed by atoms with Gasteiger partial charge in [0.05, 0.1) is 23.0 Å². The molecule has 4 N–H and O–H groups in total. The van der Waals surface area contributed by atoms with E-state index >= 15 is 0 Å². The van der Waals surface area contributed by atoms with Crippen molar-refractivity contribution < 1.29 is 14.6 Å². The summed E-state index contributed by atoms with van der Waals surface area (Å²) in [6.07, 6.45) is 7.79. The zero-order valence-corrected chi connectivity index (χ0v) is 20.1. The van der Waals surface area contributed by atoms with Crippen LogP contribution in [-0.4, -0.2) is 49.8 Å². The summed E-state index contributed by atoms with van der Waals surface area (Å²) in [5.74, 6) is 0.205. The van der Waals surface area contributed by atoms with Crippen LogP contribution in [0.25, 0.3) is 16.9 Å². The zero-order valence-electron chi connectivity index (χ0n) is 19.4. The van der Waals surface area contributed by atoms with E-state index in [0.717, 1.165) is 36.2 Å². The standard InChI is InChI=1S/C15H16ClN5.C8H15NO3/c1-15(2,3)11-7-18-12-5-4-9(8-21(11)12)13-10(16)6-19-14(17)20-13;1-9-8(11)12-7-4-2-3-6(10)5-7/h4-8H,1-3H3,(H2,17,19,20);6-7,10H,2-5H2,1H3,(H,9,11). The molecule has 1 saturated carbocycles. The highest BCUT2D eigenvalue weighted by molar-refractivity contribution is 6.32. The van der Waals surface area contributed by atoms with Crippen LogP contribution in [0.2, 0.25) is 5.02 Å². The molecule has 4 rings (SSSR count). The first-order valence-electron chi connectivity index (χ1n) is 10.9. The van der Waals surface area contributed by atoms with Gasteiger partial charge in [0.25, 0.3) is 0 Å². The van der Waals surface area contributed by atoms with Crippen LogP contribution in [0.3, 0.4) is 0 Å². The number of alkyl carbamates (subject to hydrolysis) is 1. The molecule has 2 unspecified atom stereocenters. The third kappa shape index (κ3) is 6.33. The molecule has 178 valence electrons. The number of imidazole rings is 1. The molecule has 0 aromatic carbocycles. The normalized spacial score (nSPS) is 18.4. The van der Waals surface area contributed by atoms with Crippen molar-refractivity contribution in [1.29, 1.82) is 0 Å². The van der Waals surface area contributed by atoms with Gasteiger partial charge in [0.2, 0.25) is 5.95 Å². The summed E-state index contributed by atoms with van der Waals surface area (Å²) in [6.45, 7) is 6.45. The molecular formula is C23H31ClN6O3. The van der Waals surface area contributed by atoms with E-state index in [1.165, 1.54) is 13.2 Å². The highest BCUT2D eigenvalue weighted by atomic mass is 35.5. The summed E-state index contributed by atoms with van der Waals surface area (Å²) < 4.78 is 7.06. The predicted octanol–water partition coefficient (Wildman–Crippen LogP) is 3.97. The minimum Gasteiger partial charge on any atom is -0.446 e. The van der Waals surface area contributed by atoms with E-state index in [1.807, 2.05) is 24.5 Å². The van der Waals surface area contributed by atoms with Gasteiger partial charge in [0.15, 0.2) is 0 Å². The third-order valence-corrected chi connectivity index (χ3v) is 5.66. The lowest BCUT2D eigenvalue weighted by Crippen LogP contribution is -2.31. The Kier molecular flexibility index (Phi) is 7.76. The van der Waals surface area contributed by atoms with Gasteiger partial charge >= 0.3 is 6.09 Å². The first-order valence-corrected chi connectivity index (χ1v) is 11.3. The number of pyridine rings is 1. The molecule has 3 aromatic heterocycles. The molecule has 0 radical (unpaired) electrons. The van der Waals surface area contributed by atoms with Gasteiger partial charge in [-0.3, -0.25) is 0 Å². The fourth-order valence-electron chi connectivity index (χ4n) is 3.70. The maximum atomic E-state index is 10.8. The van der Waals surface area contributed by atoms with Crippen LogP contribution >= 0.6 is 11.6 Å². The molecule has 0 aliphatic heterocycles. The average molecular weight is 475 g/mol. The average Bonchev–Trinajstić information content (AvgIpc) is 3.19. The van der Waals surface area contributed by atoms with Gasteiger partial charge in [-0.05, 0) is 31.4 Å². The largest absolute Gasteiger partial charge is 0.446 e. The highest BCUT2D eigenvalue weighted by Crippen LogP contribution is 2.29. The van der Waals surface area contributed by atoms with E-state index in [1.54, 1.807) is 0 Å². The topological polar surface area (TPSA) is 128 Å². The first kappa shape index (κ1) is 24.7. The molecule has 0 bridgehead atoms. The van der Waals surface area contributed by atoms with Crippen molar-refractivity contribution in [2.24, 2.45) is 0 Å². The van der Waals surface area contributed by atoms with Gasteiger partial charge in [0.1, 0.15) is 11.8 Å². The van der Waals surface area contributed by atoms with E-state index in [-0.39, 0.29) is 23.6 Å². The maximum Gasteiger partial charge on any atom is 0.407 e. The minimum atomic E-state index is -0.408. The van der Waals surface area contributed by atoms with Crippen molar-refractivity contribution in [3.63, 3.8) is 0 Å². The molecular weight excluding hydrogens is 444 g/mol. The number of ether oxygens (including phenoxy) is 1. The number of hydrogen-bond donors (Lipinski definition) is 3. The molecule has 1 aliphatic rings. The number of amides is 1. The van der Waals surface area contributed by atoms with Crippen LogP contribution in [-0.2, 0) is 10.2 Å². The second kappa shape index (κ2) is 10.4. The molecule has 3 aromatic rings. The van der Waals surface area contributed by atoms with Crippen molar-refractivity contribution >= 4 is 29.3 Å². The number of nitrogen functional groups attached to an aromatic ring is 1. The number of nitrogens with zero attached hydrogens (tertiary/aromatic N) is 4. The van der Waals surface area contributed by atoms with E-state index in [4.69, 9.17) is 22.1 Å². The maximum absolute atomic E-state index is 10.8. The number of fused-ring (bicyclic) bond motifs is 1. The molecule has 1 amide bonds. The molecule has 2 atom stereocenters. The van der Waals surface area contributed by atoms with Crippen LogP contribution in [0.15, 0.2) is 30.7 Å². The molecule has 33 heavy (non-hydrogen) atoms. The lowest BCUT2D eigenvalue weighted by molar-refractivity contribution is 0.0237. The number of rotatable bonds is 2. The van der Waals surface area contributed by atoms with Gasteiger partial charge in [-0.1, -0.05) is 32.4 Å². The number of carbonyl (C=O) groups is 1. The van der Waals surface area contributed by atoms with Gasteiger partial charge in [0, 0.05) is 42.5 Å². The fourth-order valence-corrected chi connectivity index (χ4v) is 3.90. The Morgan fingerprint density at radius 3 is 2.70 bits per heavy atom. The Morgan fingerprint density at radius 2 is 2.03 bits per heavy atom. The van der Waals surface area contributed by atoms with Crippen LogP contribution < -0.4 is 11.1 Å². The molecule has 1 fully saturated rings. The van der Waals surface area contributed by atoms with Crippen LogP contribution in [0, 0.1) is 0 Å². The molecule has 0 saturated heterocycles. The Morgan fingerprint density at radius 1 is 1.27 bits per heavy atom. The quantitative estimate of drug-likeness (QED) is 0.512. The number of aliphatic hydroxyl groups is 1. The number of carbonyl (C=O) groups excluding carboxylic acids is 1. The van der Waals surface area contributed by atoms with Crippen molar-refractivity contribution in [1.82, 2.24) is 24.7 Å². The Hall–Kier alpha value is -2.91. The summed E-state index contributed by atoms with van der Waals surface area (Å²) >= 11 is 6.18. The number of nitrogens with one attached hydrogen (secondary N) is 1. The van der Waals surface area contributed by atoms with Crippen LogP contribution in [0.1, 0.15) is 52.1 Å². The fraction of sp³-hybridized carbons (Fsp3) is 0.478. The minimum absolute atomic E-state index is 0.00741. The lowest BCUT2D eigenvalue weighted by atomic mass is 9.93. The number of hydrogen-bond acceptors (Lipinski definition) is 7. The summed E-state index contributed by atoms with van der Waals surface area (Å²) in [7, 11) is 1.53. The number of anilines is 1. The monoisotopic (exact) mass is 474 g/mol. The van der Waals surface area contributed by atoms with Crippen LogP contribution in [0.4, 0.5) is 10.7 Å². The van der Waals surface area contributed by atoms with E-state index in [2.05, 4.69) is 45.4 Å². The molecule has 0 spiro atoms. The smallest absolute Gasteiger partial charge is 0.407 e. The predicted molar refractivity (Wildman–Crippen MR) is 128 cm³/mol. The number of aromatic nitrogens is 4. The second-order valence-electron chi connectivity index (χ2n) is 9.06. The summed E-state index contributed by atoms with van der Waals surface area (Å²) in [4.78, 5) is 23.3. The van der Waals surface area contributed by atoms with Crippen molar-refractivity contribution in [2.75, 3.05) is 12.8 Å². The molecule has 1 aliphatic carbocycles. The van der Waals surface area contributed by atoms with Crippen molar-refractivity contribution in [2.45, 2.75) is 64.1 Å². The number of halogens is 1. The number of aliphatic hydroxyl groups excluding tert-OH is 1. The summed E-state index contributed by atoms with van der Waals surface area (Å²) in [5, 5.41) is 12.1. The zero-order chi connectivity index (χ0) is 24.2. The van der Waals surface area contributed by atoms with Crippen molar-refractivity contribution in [3.05, 3.63) is 41.4 Å². The van der Waals surface area contributed by atoms with E-state index < -0.39 is 6.09 Å². The van der Waals surface area contributed by atoms with Crippen molar-refractivity contribution in [3.8, 4) is 11.3 Å². The Balaban J connectivity index is 0.000000218. The second-order valence-corrected chi connectivity index (χ2v) is 9.47. The number of nitrogens with two attached hydrogens (primary N) is 1. The summed E-state index contributed by atoms with van der Waals surface area (Å²) in [6, 6.07) is 3.88. The highest BCUT2D eigenvalue weighted by Gasteiger charge is 2.22. The van der Waals surface area contributed by atoms with Gasteiger partial charge < -0.3 is 25.3 Å². The van der Waals surface area contributed by atoms with E-state index in [0.29, 0.717) is 17.1 Å². The molecule has 10 heteroatoms. The molecule has 3 heterocycles. The SMILES string of the molecule is CC(C)(C)c1cnc2ccc(-c3nc(N)ncc3Cl)cn12.CNC(=O)OC1CCCC(O)C1. The van der Waals surface area contributed by atoms with Gasteiger partial charge in [-0.2, -0.15) is 0 Å². The van der Waals surface area contributed by atoms with Gasteiger partial charge in [-0.25, -0.2) is 19.7 Å². The van der Waals surface area contributed by atoms with Crippen LogP contribution in [0.5, 0.6) is 0 Å². The summed E-state index contributed by atoms with van der Waals surface area (Å²) in [5.41, 5.74) is 9.17.